The normalized spacial score (nSPS) is 11.8. The van der Waals surface area contributed by atoms with Crippen LogP contribution in [-0.4, -0.2) is 50.8 Å². The third-order valence-corrected chi connectivity index (χ3v) is 4.50. The largest absolute Gasteiger partial charge is 0.478 e. The van der Waals surface area contributed by atoms with Gasteiger partial charge in [0.25, 0.3) is 0 Å². The molecule has 0 bridgehead atoms. The average Bonchev–Trinajstić information content (AvgIpc) is 2.29. The maximum atomic E-state index is 13.6. The van der Waals surface area contributed by atoms with Gasteiger partial charge in [0, 0.05) is 12.1 Å². The van der Waals surface area contributed by atoms with Crippen molar-refractivity contribution in [3.8, 4) is 0 Å². The minimum Gasteiger partial charge on any atom is -0.478 e. The molecule has 0 spiro atoms. The summed E-state index contributed by atoms with van der Waals surface area (Å²) in [6.07, 6.45) is 0. The Kier molecular flexibility index (Phi) is 4.65. The predicted octanol–water partition coefficient (Wildman–Crippen LogP) is 1.17. The molecule has 1 rings (SSSR count). The van der Waals surface area contributed by atoms with Crippen LogP contribution in [-0.2, 0) is 9.84 Å². The van der Waals surface area contributed by atoms with Gasteiger partial charge >= 0.3 is 5.97 Å². The second-order valence-electron chi connectivity index (χ2n) is 4.51. The third kappa shape index (κ3) is 3.74. The molecule has 0 saturated heterocycles. The molecule has 0 fully saturated rings. The van der Waals surface area contributed by atoms with Crippen LogP contribution in [0.15, 0.2) is 17.0 Å². The van der Waals surface area contributed by atoms with E-state index in [0.717, 1.165) is 12.1 Å². The molecule has 7 heteroatoms. The monoisotopic (exact) mass is 289 g/mol. The first-order valence-electron chi connectivity index (χ1n) is 5.56. The number of benzene rings is 1. The van der Waals surface area contributed by atoms with Gasteiger partial charge in [-0.25, -0.2) is 17.6 Å². The molecular weight excluding hydrogens is 273 g/mol. The van der Waals surface area contributed by atoms with Crippen LogP contribution in [0.4, 0.5) is 4.39 Å². The van der Waals surface area contributed by atoms with E-state index in [0.29, 0.717) is 0 Å². The first-order chi connectivity index (χ1) is 8.65. The van der Waals surface area contributed by atoms with Crippen LogP contribution in [0.1, 0.15) is 15.9 Å². The Morgan fingerprint density at radius 3 is 2.42 bits per heavy atom. The highest BCUT2D eigenvalue weighted by Gasteiger charge is 2.22. The van der Waals surface area contributed by atoms with E-state index in [1.54, 1.807) is 19.0 Å². The maximum absolute atomic E-state index is 13.6. The van der Waals surface area contributed by atoms with Crippen molar-refractivity contribution in [3.63, 3.8) is 0 Å². The lowest BCUT2D eigenvalue weighted by atomic mass is 10.1. The zero-order valence-electron chi connectivity index (χ0n) is 11.0. The number of halogens is 1. The van der Waals surface area contributed by atoms with E-state index in [2.05, 4.69) is 0 Å². The Hall–Kier alpha value is -1.47. The summed E-state index contributed by atoms with van der Waals surface area (Å²) in [4.78, 5) is 12.3. The molecule has 0 amide bonds. The molecule has 0 unspecified atom stereocenters. The van der Waals surface area contributed by atoms with Crippen molar-refractivity contribution in [2.75, 3.05) is 26.4 Å². The van der Waals surface area contributed by atoms with E-state index in [1.165, 1.54) is 6.92 Å². The number of carboxylic acid groups (broad SMARTS) is 1. The van der Waals surface area contributed by atoms with Gasteiger partial charge < -0.3 is 10.0 Å². The smallest absolute Gasteiger partial charge is 0.335 e. The topological polar surface area (TPSA) is 74.7 Å². The summed E-state index contributed by atoms with van der Waals surface area (Å²) in [6.45, 7) is 1.60. The van der Waals surface area contributed by atoms with E-state index >= 15 is 0 Å². The summed E-state index contributed by atoms with van der Waals surface area (Å²) in [7, 11) is -0.272. The lowest BCUT2D eigenvalue weighted by Gasteiger charge is -2.12. The zero-order valence-corrected chi connectivity index (χ0v) is 11.8. The minimum absolute atomic E-state index is 0.0521. The van der Waals surface area contributed by atoms with Crippen molar-refractivity contribution >= 4 is 15.8 Å². The Bertz CT molecular complexity index is 596. The molecule has 0 saturated carbocycles. The molecule has 0 heterocycles. The van der Waals surface area contributed by atoms with Crippen LogP contribution in [0.2, 0.25) is 0 Å². The van der Waals surface area contributed by atoms with Crippen molar-refractivity contribution in [1.29, 1.82) is 0 Å². The number of carbonyl (C=O) groups is 1. The molecule has 1 N–H and O–H groups in total. The molecule has 0 aromatic heterocycles. The van der Waals surface area contributed by atoms with Crippen molar-refractivity contribution < 1.29 is 22.7 Å². The highest BCUT2D eigenvalue weighted by Crippen LogP contribution is 2.22. The summed E-state index contributed by atoms with van der Waals surface area (Å²) in [5.41, 5.74) is -0.421. The fourth-order valence-corrected chi connectivity index (χ4v) is 3.21. The summed E-state index contributed by atoms with van der Waals surface area (Å²) in [6, 6.07) is 1.83. The van der Waals surface area contributed by atoms with Gasteiger partial charge in [-0.05, 0) is 33.2 Å². The van der Waals surface area contributed by atoms with Gasteiger partial charge in [-0.15, -0.1) is 0 Å². The summed E-state index contributed by atoms with van der Waals surface area (Å²) in [5.74, 6) is -2.38. The van der Waals surface area contributed by atoms with Gasteiger partial charge in [0.15, 0.2) is 9.84 Å². The fraction of sp³-hybridized carbons (Fsp3) is 0.417. The average molecular weight is 289 g/mol. The molecule has 5 nitrogen and oxygen atoms in total. The Labute approximate surface area is 111 Å². The van der Waals surface area contributed by atoms with E-state index in [9.17, 15) is 17.6 Å². The number of nitrogens with zero attached hydrogens (tertiary/aromatic N) is 1. The summed E-state index contributed by atoms with van der Waals surface area (Å²) < 4.78 is 37.8. The molecule has 0 aliphatic rings. The van der Waals surface area contributed by atoms with Crippen molar-refractivity contribution in [1.82, 2.24) is 4.90 Å². The lowest BCUT2D eigenvalue weighted by Crippen LogP contribution is -2.22. The van der Waals surface area contributed by atoms with Crippen LogP contribution in [0.3, 0.4) is 0 Å². The molecule has 0 atom stereocenters. The Morgan fingerprint density at radius 2 is 1.95 bits per heavy atom. The predicted molar refractivity (Wildman–Crippen MR) is 68.7 cm³/mol. The fourth-order valence-electron chi connectivity index (χ4n) is 1.51. The van der Waals surface area contributed by atoms with Gasteiger partial charge in [-0.1, -0.05) is 0 Å². The van der Waals surface area contributed by atoms with Gasteiger partial charge in [0.05, 0.1) is 16.2 Å². The van der Waals surface area contributed by atoms with Crippen LogP contribution >= 0.6 is 0 Å². The molecule has 106 valence electrons. The second-order valence-corrected chi connectivity index (χ2v) is 6.59. The molecule has 0 aliphatic heterocycles. The highest BCUT2D eigenvalue weighted by atomic mass is 32.2. The van der Waals surface area contributed by atoms with E-state index in [1.807, 2.05) is 0 Å². The Morgan fingerprint density at radius 1 is 1.37 bits per heavy atom. The summed E-state index contributed by atoms with van der Waals surface area (Å²) >= 11 is 0. The second kappa shape index (κ2) is 5.66. The molecule has 1 aromatic carbocycles. The van der Waals surface area contributed by atoms with Crippen LogP contribution in [0, 0.1) is 12.7 Å². The van der Waals surface area contributed by atoms with Crippen molar-refractivity contribution in [2.45, 2.75) is 11.8 Å². The molecule has 1 aromatic rings. The molecule has 0 radical (unpaired) electrons. The SMILES string of the molecule is Cc1c(F)cc(C(=O)O)cc1S(=O)(=O)CCN(C)C. The van der Waals surface area contributed by atoms with Gasteiger partial charge in [0.2, 0.25) is 0 Å². The lowest BCUT2D eigenvalue weighted by molar-refractivity contribution is 0.0696. The quantitative estimate of drug-likeness (QED) is 0.880. The van der Waals surface area contributed by atoms with Crippen LogP contribution in [0.5, 0.6) is 0 Å². The minimum atomic E-state index is -3.71. The standard InChI is InChI=1S/C12H16FNO4S/c1-8-10(13)6-9(12(15)16)7-11(8)19(17,18)5-4-14(2)3/h6-7H,4-5H2,1-3H3,(H,15,16). The number of sulfone groups is 1. The number of rotatable bonds is 5. The summed E-state index contributed by atoms with van der Waals surface area (Å²) in [5, 5.41) is 8.84. The molecule has 19 heavy (non-hydrogen) atoms. The first-order valence-corrected chi connectivity index (χ1v) is 7.21. The van der Waals surface area contributed by atoms with E-state index in [4.69, 9.17) is 5.11 Å². The van der Waals surface area contributed by atoms with Crippen molar-refractivity contribution in [3.05, 3.63) is 29.1 Å². The van der Waals surface area contributed by atoms with E-state index in [-0.39, 0.29) is 28.3 Å². The van der Waals surface area contributed by atoms with Gasteiger partial charge in [0.1, 0.15) is 5.82 Å². The van der Waals surface area contributed by atoms with Crippen molar-refractivity contribution in [2.24, 2.45) is 0 Å². The van der Waals surface area contributed by atoms with Gasteiger partial charge in [-0.2, -0.15) is 0 Å². The third-order valence-electron chi connectivity index (χ3n) is 2.69. The maximum Gasteiger partial charge on any atom is 0.335 e. The molecule has 0 aliphatic carbocycles. The Balaban J connectivity index is 3.29. The first kappa shape index (κ1) is 15.6. The highest BCUT2D eigenvalue weighted by molar-refractivity contribution is 7.91. The van der Waals surface area contributed by atoms with Gasteiger partial charge in [-0.3, -0.25) is 0 Å². The van der Waals surface area contributed by atoms with Crippen LogP contribution in [0.25, 0.3) is 0 Å². The molecular formula is C12H16FNO4S. The number of carboxylic acids is 1. The zero-order chi connectivity index (χ0) is 14.8. The van der Waals surface area contributed by atoms with E-state index < -0.39 is 21.6 Å². The number of aromatic carboxylic acids is 1. The number of hydrogen-bond donors (Lipinski definition) is 1. The number of hydrogen-bond acceptors (Lipinski definition) is 4. The van der Waals surface area contributed by atoms with Crippen LogP contribution < -0.4 is 0 Å².